The molecule has 21 heavy (non-hydrogen) atoms. The molecular weight excluding hydrogens is 271 g/mol. The van der Waals surface area contributed by atoms with Crippen LogP contribution in [0.15, 0.2) is 36.4 Å². The number of hydrogen-bond donors (Lipinski definition) is 2. The topological polar surface area (TPSA) is 50.4 Å². The summed E-state index contributed by atoms with van der Waals surface area (Å²) in [6.07, 6.45) is 0. The van der Waals surface area contributed by atoms with Crippen LogP contribution in [0.2, 0.25) is 0 Å². The van der Waals surface area contributed by atoms with Crippen LogP contribution in [-0.4, -0.2) is 20.1 Å². The normalized spacial score (nSPS) is 10.1. The van der Waals surface area contributed by atoms with Gasteiger partial charge in [-0.1, -0.05) is 0 Å². The SMILES string of the molecule is CNc1ccc(C(=O)Nc2ccc(F)cc2OC)c(C)c1. The van der Waals surface area contributed by atoms with E-state index in [4.69, 9.17) is 4.74 Å². The van der Waals surface area contributed by atoms with Crippen LogP contribution in [0, 0.1) is 12.7 Å². The fraction of sp³-hybridized carbons (Fsp3) is 0.188. The number of anilines is 2. The van der Waals surface area contributed by atoms with Gasteiger partial charge in [-0.15, -0.1) is 0 Å². The lowest BCUT2D eigenvalue weighted by atomic mass is 10.1. The highest BCUT2D eigenvalue weighted by Crippen LogP contribution is 2.26. The summed E-state index contributed by atoms with van der Waals surface area (Å²) in [6, 6.07) is 9.43. The van der Waals surface area contributed by atoms with Crippen molar-refractivity contribution in [2.45, 2.75) is 6.92 Å². The standard InChI is InChI=1S/C16H17FN2O2/c1-10-8-12(18-2)5-6-13(10)16(20)19-14-7-4-11(17)9-15(14)21-3/h4-9,18H,1-3H3,(H,19,20). The van der Waals surface area contributed by atoms with Crippen molar-refractivity contribution in [1.82, 2.24) is 0 Å². The molecule has 0 atom stereocenters. The number of carbonyl (C=O) groups excluding carboxylic acids is 1. The molecule has 2 aromatic rings. The second kappa shape index (κ2) is 6.26. The highest BCUT2D eigenvalue weighted by Gasteiger charge is 2.12. The lowest BCUT2D eigenvalue weighted by molar-refractivity contribution is 0.102. The van der Waals surface area contributed by atoms with Crippen LogP contribution in [0.4, 0.5) is 15.8 Å². The van der Waals surface area contributed by atoms with Crippen LogP contribution < -0.4 is 15.4 Å². The first-order valence-corrected chi connectivity index (χ1v) is 6.48. The number of ether oxygens (including phenoxy) is 1. The zero-order valence-corrected chi connectivity index (χ0v) is 12.2. The van der Waals surface area contributed by atoms with Crippen LogP contribution in [0.3, 0.4) is 0 Å². The molecule has 0 saturated heterocycles. The first-order chi connectivity index (χ1) is 10.0. The molecule has 0 bridgehead atoms. The number of benzene rings is 2. The average Bonchev–Trinajstić information content (AvgIpc) is 2.48. The molecule has 0 aliphatic rings. The summed E-state index contributed by atoms with van der Waals surface area (Å²) >= 11 is 0. The molecule has 0 spiro atoms. The lowest BCUT2D eigenvalue weighted by Crippen LogP contribution is -2.14. The monoisotopic (exact) mass is 288 g/mol. The van der Waals surface area contributed by atoms with Gasteiger partial charge < -0.3 is 15.4 Å². The minimum atomic E-state index is -0.417. The summed E-state index contributed by atoms with van der Waals surface area (Å²) in [7, 11) is 3.25. The smallest absolute Gasteiger partial charge is 0.256 e. The van der Waals surface area contributed by atoms with Crippen LogP contribution in [0.25, 0.3) is 0 Å². The van der Waals surface area contributed by atoms with E-state index in [9.17, 15) is 9.18 Å². The summed E-state index contributed by atoms with van der Waals surface area (Å²) in [5.41, 5.74) is 2.77. The molecular formula is C16H17FN2O2. The molecule has 1 amide bonds. The van der Waals surface area contributed by atoms with E-state index >= 15 is 0 Å². The van der Waals surface area contributed by atoms with E-state index in [1.54, 1.807) is 6.07 Å². The highest BCUT2D eigenvalue weighted by atomic mass is 19.1. The maximum absolute atomic E-state index is 13.1. The summed E-state index contributed by atoms with van der Waals surface area (Å²) in [4.78, 5) is 12.3. The molecule has 0 aliphatic carbocycles. The Morgan fingerprint density at radius 2 is 1.95 bits per heavy atom. The van der Waals surface area contributed by atoms with Gasteiger partial charge in [0.15, 0.2) is 0 Å². The molecule has 2 rings (SSSR count). The van der Waals surface area contributed by atoms with Gasteiger partial charge >= 0.3 is 0 Å². The maximum atomic E-state index is 13.1. The Balaban J connectivity index is 2.26. The van der Waals surface area contributed by atoms with Gasteiger partial charge in [-0.3, -0.25) is 4.79 Å². The van der Waals surface area contributed by atoms with Crippen molar-refractivity contribution >= 4 is 17.3 Å². The highest BCUT2D eigenvalue weighted by molar-refractivity contribution is 6.06. The third-order valence-corrected chi connectivity index (χ3v) is 3.17. The zero-order chi connectivity index (χ0) is 15.4. The van der Waals surface area contributed by atoms with Crippen molar-refractivity contribution in [1.29, 1.82) is 0 Å². The Morgan fingerprint density at radius 3 is 2.57 bits per heavy atom. The van der Waals surface area contributed by atoms with Crippen molar-refractivity contribution in [3.05, 3.63) is 53.3 Å². The summed E-state index contributed by atoms with van der Waals surface area (Å²) in [6.45, 7) is 1.86. The summed E-state index contributed by atoms with van der Waals surface area (Å²) in [5, 5.41) is 5.75. The van der Waals surface area contributed by atoms with Crippen LogP contribution in [0.5, 0.6) is 5.75 Å². The van der Waals surface area contributed by atoms with Crippen molar-refractivity contribution in [2.75, 3.05) is 24.8 Å². The summed E-state index contributed by atoms with van der Waals surface area (Å²) < 4.78 is 18.2. The van der Waals surface area contributed by atoms with E-state index in [2.05, 4.69) is 10.6 Å². The molecule has 110 valence electrons. The van der Waals surface area contributed by atoms with Gasteiger partial charge in [0.05, 0.1) is 12.8 Å². The molecule has 0 saturated carbocycles. The third-order valence-electron chi connectivity index (χ3n) is 3.17. The molecule has 0 aliphatic heterocycles. The fourth-order valence-corrected chi connectivity index (χ4v) is 2.03. The third kappa shape index (κ3) is 3.31. The molecule has 0 fully saturated rings. The first-order valence-electron chi connectivity index (χ1n) is 6.48. The summed E-state index contributed by atoms with van der Waals surface area (Å²) in [5.74, 6) is -0.396. The van der Waals surface area contributed by atoms with Crippen LogP contribution in [0.1, 0.15) is 15.9 Å². The number of methoxy groups -OCH3 is 1. The number of halogens is 1. The minimum absolute atomic E-state index is 0.264. The molecule has 0 radical (unpaired) electrons. The average molecular weight is 288 g/mol. The minimum Gasteiger partial charge on any atom is -0.494 e. The number of rotatable bonds is 4. The van der Waals surface area contributed by atoms with Crippen molar-refractivity contribution in [3.8, 4) is 5.75 Å². The number of carbonyl (C=O) groups is 1. The van der Waals surface area contributed by atoms with Gasteiger partial charge in [0.2, 0.25) is 0 Å². The fourth-order valence-electron chi connectivity index (χ4n) is 2.03. The van der Waals surface area contributed by atoms with E-state index in [-0.39, 0.29) is 11.7 Å². The quantitative estimate of drug-likeness (QED) is 0.906. The predicted molar refractivity (Wildman–Crippen MR) is 81.6 cm³/mol. The number of amides is 1. The van der Waals surface area contributed by atoms with Crippen molar-refractivity contribution in [3.63, 3.8) is 0 Å². The molecule has 0 unspecified atom stereocenters. The maximum Gasteiger partial charge on any atom is 0.256 e. The van der Waals surface area contributed by atoms with E-state index in [0.29, 0.717) is 11.3 Å². The predicted octanol–water partition coefficient (Wildman–Crippen LogP) is 3.44. The van der Waals surface area contributed by atoms with Crippen LogP contribution >= 0.6 is 0 Å². The van der Waals surface area contributed by atoms with E-state index in [0.717, 1.165) is 11.3 Å². The largest absolute Gasteiger partial charge is 0.494 e. The molecule has 5 heteroatoms. The molecule has 0 aromatic heterocycles. The van der Waals surface area contributed by atoms with Crippen LogP contribution in [-0.2, 0) is 0 Å². The molecule has 2 aromatic carbocycles. The van der Waals surface area contributed by atoms with Gasteiger partial charge in [-0.2, -0.15) is 0 Å². The Bertz CT molecular complexity index is 671. The van der Waals surface area contributed by atoms with Gasteiger partial charge in [0.25, 0.3) is 5.91 Å². The van der Waals surface area contributed by atoms with Gasteiger partial charge in [0.1, 0.15) is 11.6 Å². The van der Waals surface area contributed by atoms with E-state index in [1.807, 2.05) is 26.1 Å². The Labute approximate surface area is 122 Å². The molecule has 2 N–H and O–H groups in total. The molecule has 0 heterocycles. The van der Waals surface area contributed by atoms with Gasteiger partial charge in [0, 0.05) is 24.4 Å². The lowest BCUT2D eigenvalue weighted by Gasteiger charge is -2.12. The zero-order valence-electron chi connectivity index (χ0n) is 12.2. The van der Waals surface area contributed by atoms with E-state index < -0.39 is 5.82 Å². The number of hydrogen-bond acceptors (Lipinski definition) is 3. The second-order valence-electron chi connectivity index (χ2n) is 4.58. The number of aryl methyl sites for hydroxylation is 1. The van der Waals surface area contributed by atoms with Gasteiger partial charge in [-0.25, -0.2) is 4.39 Å². The Morgan fingerprint density at radius 1 is 1.19 bits per heavy atom. The van der Waals surface area contributed by atoms with Gasteiger partial charge in [-0.05, 0) is 42.8 Å². The second-order valence-corrected chi connectivity index (χ2v) is 4.58. The van der Waals surface area contributed by atoms with Crippen molar-refractivity contribution in [2.24, 2.45) is 0 Å². The Hall–Kier alpha value is -2.56. The Kier molecular flexibility index (Phi) is 4.42. The molecule has 4 nitrogen and oxygen atoms in total. The van der Waals surface area contributed by atoms with Crippen molar-refractivity contribution < 1.29 is 13.9 Å². The number of nitrogens with one attached hydrogen (secondary N) is 2. The first kappa shape index (κ1) is 14.8. The van der Waals surface area contributed by atoms with E-state index in [1.165, 1.54) is 25.3 Å².